The Kier molecular flexibility index (Phi) is 6.27. The topological polar surface area (TPSA) is 73.1 Å². The van der Waals surface area contributed by atoms with Crippen molar-refractivity contribution < 1.29 is 4.79 Å². The van der Waals surface area contributed by atoms with Gasteiger partial charge in [0.1, 0.15) is 6.54 Å². The molecule has 0 spiro atoms. The molecule has 0 bridgehead atoms. The average Bonchev–Trinajstić information content (AvgIpc) is 2.64. The molecule has 2 aromatic rings. The lowest BCUT2D eigenvalue weighted by molar-refractivity contribution is -0.122. The molecular weight excluding hydrogens is 342 g/mol. The van der Waals surface area contributed by atoms with E-state index in [9.17, 15) is 14.4 Å². The zero-order chi connectivity index (χ0) is 19.2. The lowest BCUT2D eigenvalue weighted by atomic mass is 9.97. The molecule has 0 unspecified atom stereocenters. The van der Waals surface area contributed by atoms with Gasteiger partial charge in [-0.05, 0) is 25.0 Å². The number of allylic oxidation sites excluding steroid dienone is 1. The zero-order valence-corrected chi connectivity index (χ0v) is 15.7. The largest absolute Gasteiger partial charge is 0.352 e. The van der Waals surface area contributed by atoms with Crippen molar-refractivity contribution in [1.82, 2.24) is 14.5 Å². The van der Waals surface area contributed by atoms with E-state index in [0.717, 1.165) is 25.7 Å². The summed E-state index contributed by atoms with van der Waals surface area (Å²) in [6, 6.07) is 7.31. The van der Waals surface area contributed by atoms with Crippen molar-refractivity contribution >= 4 is 16.9 Å². The molecule has 1 amide bonds. The van der Waals surface area contributed by atoms with Gasteiger partial charge >= 0.3 is 11.1 Å². The maximum absolute atomic E-state index is 12.6. The second-order valence-electron chi connectivity index (χ2n) is 7.19. The van der Waals surface area contributed by atoms with Crippen LogP contribution in [0.5, 0.6) is 0 Å². The summed E-state index contributed by atoms with van der Waals surface area (Å²) in [6.07, 6.45) is 9.44. The molecule has 1 aromatic heterocycles. The summed E-state index contributed by atoms with van der Waals surface area (Å²) >= 11 is 0. The van der Waals surface area contributed by atoms with Crippen LogP contribution in [0.15, 0.2) is 46.5 Å². The smallest absolute Gasteiger partial charge is 0.317 e. The van der Waals surface area contributed by atoms with Gasteiger partial charge in [-0.3, -0.25) is 23.5 Å². The molecule has 144 valence electrons. The number of para-hydroxylation sites is 2. The third kappa shape index (κ3) is 4.38. The molecule has 0 saturated heterocycles. The van der Waals surface area contributed by atoms with Gasteiger partial charge in [-0.25, -0.2) is 0 Å². The molecule has 27 heavy (non-hydrogen) atoms. The standard InChI is InChI=1S/C21H27N3O3/c1-2-14-23-17-12-8-9-13-18(17)24(21(27)20(23)26)15-19(25)22-16-10-6-4-3-5-7-11-16/h2,8-9,12-13,16H,1,3-7,10-11,14-15H2,(H,22,25). The van der Waals surface area contributed by atoms with E-state index in [2.05, 4.69) is 11.9 Å². The van der Waals surface area contributed by atoms with Crippen molar-refractivity contribution in [1.29, 1.82) is 0 Å². The lowest BCUT2D eigenvalue weighted by Gasteiger charge is -2.21. The monoisotopic (exact) mass is 369 g/mol. The van der Waals surface area contributed by atoms with Gasteiger partial charge in [0.2, 0.25) is 5.91 Å². The Bertz CT molecular complexity index is 934. The molecule has 1 saturated carbocycles. The first-order valence-corrected chi connectivity index (χ1v) is 9.74. The van der Waals surface area contributed by atoms with Crippen LogP contribution in [-0.2, 0) is 17.9 Å². The van der Waals surface area contributed by atoms with E-state index in [-0.39, 0.29) is 25.0 Å². The van der Waals surface area contributed by atoms with Crippen LogP contribution in [0.2, 0.25) is 0 Å². The summed E-state index contributed by atoms with van der Waals surface area (Å²) < 4.78 is 2.68. The van der Waals surface area contributed by atoms with E-state index in [1.165, 1.54) is 28.4 Å². The molecule has 1 fully saturated rings. The molecule has 1 heterocycles. The van der Waals surface area contributed by atoms with Gasteiger partial charge in [0, 0.05) is 12.6 Å². The normalized spacial score (nSPS) is 15.9. The minimum Gasteiger partial charge on any atom is -0.352 e. The fraction of sp³-hybridized carbons (Fsp3) is 0.476. The SMILES string of the molecule is C=CCn1c(=O)c(=O)n(CC(=O)NC2CCCCCCC2)c2ccccc21. The number of amides is 1. The molecule has 6 heteroatoms. The fourth-order valence-electron chi connectivity index (χ4n) is 3.86. The molecule has 0 atom stereocenters. The predicted molar refractivity (Wildman–Crippen MR) is 107 cm³/mol. The van der Waals surface area contributed by atoms with Gasteiger partial charge in [0.05, 0.1) is 11.0 Å². The second kappa shape index (κ2) is 8.84. The number of benzene rings is 1. The number of carbonyl (C=O) groups is 1. The van der Waals surface area contributed by atoms with E-state index in [1.807, 2.05) is 6.07 Å². The number of hydrogen-bond donors (Lipinski definition) is 1. The van der Waals surface area contributed by atoms with Crippen molar-refractivity contribution in [3.8, 4) is 0 Å². The number of carbonyl (C=O) groups excluding carboxylic acids is 1. The van der Waals surface area contributed by atoms with Gasteiger partial charge in [-0.2, -0.15) is 0 Å². The van der Waals surface area contributed by atoms with Crippen LogP contribution in [0.3, 0.4) is 0 Å². The van der Waals surface area contributed by atoms with E-state index >= 15 is 0 Å². The Balaban J connectivity index is 1.88. The second-order valence-corrected chi connectivity index (χ2v) is 7.19. The van der Waals surface area contributed by atoms with Crippen molar-refractivity contribution in [3.05, 3.63) is 57.6 Å². The number of fused-ring (bicyclic) bond motifs is 1. The van der Waals surface area contributed by atoms with Gasteiger partial charge in [-0.15, -0.1) is 6.58 Å². The van der Waals surface area contributed by atoms with Crippen LogP contribution in [0.1, 0.15) is 44.9 Å². The van der Waals surface area contributed by atoms with Crippen molar-refractivity contribution in [2.24, 2.45) is 0 Å². The molecule has 0 radical (unpaired) electrons. The van der Waals surface area contributed by atoms with E-state index in [4.69, 9.17) is 0 Å². The Morgan fingerprint density at radius 2 is 1.56 bits per heavy atom. The number of aromatic nitrogens is 2. The molecule has 0 aliphatic heterocycles. The number of nitrogens with zero attached hydrogens (tertiary/aromatic N) is 2. The van der Waals surface area contributed by atoms with Crippen molar-refractivity contribution in [2.45, 2.75) is 64.1 Å². The number of hydrogen-bond acceptors (Lipinski definition) is 3. The highest BCUT2D eigenvalue weighted by Crippen LogP contribution is 2.17. The van der Waals surface area contributed by atoms with Gasteiger partial charge < -0.3 is 5.32 Å². The minimum absolute atomic E-state index is 0.139. The summed E-state index contributed by atoms with van der Waals surface area (Å²) in [6.45, 7) is 3.77. The highest BCUT2D eigenvalue weighted by Gasteiger charge is 2.17. The highest BCUT2D eigenvalue weighted by molar-refractivity contribution is 5.80. The molecule has 6 nitrogen and oxygen atoms in total. The van der Waals surface area contributed by atoms with Crippen LogP contribution in [0.25, 0.3) is 11.0 Å². The summed E-state index contributed by atoms with van der Waals surface area (Å²) in [5.41, 5.74) is -0.103. The highest BCUT2D eigenvalue weighted by atomic mass is 16.2. The van der Waals surface area contributed by atoms with Crippen LogP contribution < -0.4 is 16.4 Å². The summed E-state index contributed by atoms with van der Waals surface area (Å²) in [4.78, 5) is 37.7. The lowest BCUT2D eigenvalue weighted by Crippen LogP contribution is -2.45. The van der Waals surface area contributed by atoms with Crippen LogP contribution in [-0.4, -0.2) is 21.1 Å². The number of rotatable bonds is 5. The van der Waals surface area contributed by atoms with Gasteiger partial charge in [0.15, 0.2) is 0 Å². The van der Waals surface area contributed by atoms with Crippen LogP contribution in [0, 0.1) is 0 Å². The van der Waals surface area contributed by atoms with Gasteiger partial charge in [0.25, 0.3) is 0 Å². The van der Waals surface area contributed by atoms with E-state index in [1.54, 1.807) is 24.3 Å². The summed E-state index contributed by atoms with van der Waals surface area (Å²) in [5, 5.41) is 3.06. The number of nitrogens with one attached hydrogen (secondary N) is 1. The molecule has 1 aliphatic rings. The Morgan fingerprint density at radius 1 is 1.00 bits per heavy atom. The minimum atomic E-state index is -0.677. The maximum Gasteiger partial charge on any atom is 0.317 e. The van der Waals surface area contributed by atoms with Crippen LogP contribution in [0.4, 0.5) is 0 Å². The third-order valence-corrected chi connectivity index (χ3v) is 5.22. The van der Waals surface area contributed by atoms with Crippen LogP contribution >= 0.6 is 0 Å². The quantitative estimate of drug-likeness (QED) is 0.650. The Hall–Kier alpha value is -2.63. The first kappa shape index (κ1) is 19.1. The Labute approximate surface area is 158 Å². The molecule has 1 N–H and O–H groups in total. The molecule has 1 aromatic carbocycles. The van der Waals surface area contributed by atoms with E-state index < -0.39 is 11.1 Å². The predicted octanol–water partition coefficient (Wildman–Crippen LogP) is 2.58. The molecule has 3 rings (SSSR count). The summed E-state index contributed by atoms with van der Waals surface area (Å²) in [5.74, 6) is -0.214. The first-order valence-electron chi connectivity index (χ1n) is 9.74. The molecule has 1 aliphatic carbocycles. The van der Waals surface area contributed by atoms with Gasteiger partial charge in [-0.1, -0.05) is 50.3 Å². The van der Waals surface area contributed by atoms with Crippen molar-refractivity contribution in [2.75, 3.05) is 0 Å². The first-order chi connectivity index (χ1) is 13.1. The average molecular weight is 369 g/mol. The zero-order valence-electron chi connectivity index (χ0n) is 15.7. The fourth-order valence-corrected chi connectivity index (χ4v) is 3.86. The summed E-state index contributed by atoms with van der Waals surface area (Å²) in [7, 11) is 0. The molecular formula is C21H27N3O3. The van der Waals surface area contributed by atoms with E-state index in [0.29, 0.717) is 11.0 Å². The Morgan fingerprint density at radius 3 is 2.19 bits per heavy atom. The van der Waals surface area contributed by atoms with Crippen molar-refractivity contribution in [3.63, 3.8) is 0 Å². The maximum atomic E-state index is 12.6. The third-order valence-electron chi connectivity index (χ3n) is 5.22.